The van der Waals surface area contributed by atoms with Crippen LogP contribution >= 0.6 is 0 Å². The van der Waals surface area contributed by atoms with E-state index in [1.165, 1.54) is 0 Å². The average Bonchev–Trinajstić information content (AvgIpc) is 2.46. The van der Waals surface area contributed by atoms with Gasteiger partial charge in [0.2, 0.25) is 16.0 Å². The van der Waals surface area contributed by atoms with Crippen LogP contribution in [0.25, 0.3) is 0 Å². The molecule has 1 aliphatic heterocycles. The van der Waals surface area contributed by atoms with Gasteiger partial charge in [-0.3, -0.25) is 0 Å². The van der Waals surface area contributed by atoms with Gasteiger partial charge in [-0.25, -0.2) is 13.4 Å². The number of aryl methyl sites for hydroxylation is 1. The summed E-state index contributed by atoms with van der Waals surface area (Å²) in [4.78, 5) is 13.0. The third-order valence-electron chi connectivity index (χ3n) is 3.57. The van der Waals surface area contributed by atoms with Gasteiger partial charge in [0.1, 0.15) is 5.82 Å². The molecule has 1 saturated heterocycles. The summed E-state index contributed by atoms with van der Waals surface area (Å²) in [5.41, 5.74) is 0.910. The van der Waals surface area contributed by atoms with Gasteiger partial charge in [0, 0.05) is 52.0 Å². The van der Waals surface area contributed by atoms with Crippen molar-refractivity contribution in [1.82, 2.24) is 14.3 Å². The van der Waals surface area contributed by atoms with Gasteiger partial charge < -0.3 is 9.80 Å². The molecule has 0 atom stereocenters. The first-order chi connectivity index (χ1) is 9.83. The van der Waals surface area contributed by atoms with Crippen LogP contribution in [-0.4, -0.2) is 68.7 Å². The van der Waals surface area contributed by atoms with Crippen molar-refractivity contribution in [3.05, 3.63) is 11.8 Å². The molecular weight excluding hydrogens is 290 g/mol. The fraction of sp³-hybridized carbons (Fsp3) is 0.692. The zero-order valence-corrected chi connectivity index (χ0v) is 13.9. The molecule has 0 aliphatic carbocycles. The van der Waals surface area contributed by atoms with E-state index in [1.807, 2.05) is 36.9 Å². The van der Waals surface area contributed by atoms with Crippen molar-refractivity contribution >= 4 is 21.8 Å². The first-order valence-electron chi connectivity index (χ1n) is 7.09. The van der Waals surface area contributed by atoms with E-state index in [9.17, 15) is 8.42 Å². The van der Waals surface area contributed by atoms with E-state index in [0.29, 0.717) is 32.1 Å². The Labute approximate surface area is 126 Å². The number of hydrogen-bond acceptors (Lipinski definition) is 6. The number of sulfonamides is 1. The Hall–Kier alpha value is -1.41. The average molecular weight is 313 g/mol. The second kappa shape index (κ2) is 6.15. The minimum atomic E-state index is -3.10. The highest BCUT2D eigenvalue weighted by atomic mass is 32.2. The van der Waals surface area contributed by atoms with Crippen molar-refractivity contribution in [2.45, 2.75) is 13.8 Å². The highest BCUT2D eigenvalue weighted by Crippen LogP contribution is 2.18. The Bertz CT molecular complexity index is 595. The minimum absolute atomic E-state index is 0.152. The fourth-order valence-electron chi connectivity index (χ4n) is 2.26. The quantitative estimate of drug-likeness (QED) is 0.797. The lowest BCUT2D eigenvalue weighted by Crippen LogP contribution is -2.49. The molecule has 0 bridgehead atoms. The maximum absolute atomic E-state index is 11.9. The van der Waals surface area contributed by atoms with Crippen molar-refractivity contribution < 1.29 is 8.42 Å². The molecule has 0 N–H and O–H groups in total. The summed E-state index contributed by atoms with van der Waals surface area (Å²) in [7, 11) is 0.785. The second-order valence-electron chi connectivity index (χ2n) is 5.35. The number of rotatable bonds is 4. The highest BCUT2D eigenvalue weighted by Gasteiger charge is 2.26. The number of nitrogens with zero attached hydrogens (tertiary/aromatic N) is 5. The zero-order chi connectivity index (χ0) is 15.6. The van der Waals surface area contributed by atoms with Gasteiger partial charge in [-0.15, -0.1) is 0 Å². The fourth-order valence-corrected chi connectivity index (χ4v) is 3.34. The molecule has 118 valence electrons. The third-order valence-corrected chi connectivity index (χ3v) is 5.45. The van der Waals surface area contributed by atoms with E-state index in [2.05, 4.69) is 9.97 Å². The van der Waals surface area contributed by atoms with Gasteiger partial charge in [-0.1, -0.05) is 0 Å². The van der Waals surface area contributed by atoms with Crippen LogP contribution in [0.2, 0.25) is 0 Å². The molecular formula is C13H23N5O2S. The molecule has 1 aromatic rings. The van der Waals surface area contributed by atoms with Crippen molar-refractivity contribution in [2.24, 2.45) is 0 Å². The Balaban J connectivity index is 2.12. The van der Waals surface area contributed by atoms with E-state index in [4.69, 9.17) is 0 Å². The van der Waals surface area contributed by atoms with Crippen LogP contribution in [-0.2, 0) is 10.0 Å². The molecule has 0 radical (unpaired) electrons. The predicted molar refractivity (Wildman–Crippen MR) is 84.3 cm³/mol. The van der Waals surface area contributed by atoms with Crippen LogP contribution in [0.1, 0.15) is 12.6 Å². The summed E-state index contributed by atoms with van der Waals surface area (Å²) in [6.45, 7) is 5.84. The zero-order valence-electron chi connectivity index (χ0n) is 13.1. The maximum atomic E-state index is 11.9. The van der Waals surface area contributed by atoms with Gasteiger partial charge >= 0.3 is 0 Å². The minimum Gasteiger partial charge on any atom is -0.363 e. The maximum Gasteiger partial charge on any atom is 0.227 e. The van der Waals surface area contributed by atoms with E-state index in [0.717, 1.165) is 11.5 Å². The highest BCUT2D eigenvalue weighted by molar-refractivity contribution is 7.89. The molecule has 0 saturated carbocycles. The lowest BCUT2D eigenvalue weighted by atomic mass is 10.3. The molecule has 1 fully saturated rings. The number of anilines is 2. The predicted octanol–water partition coefficient (Wildman–Crippen LogP) is 0.323. The summed E-state index contributed by atoms with van der Waals surface area (Å²) in [5, 5.41) is 0. The van der Waals surface area contributed by atoms with Gasteiger partial charge in [0.05, 0.1) is 5.75 Å². The van der Waals surface area contributed by atoms with Gasteiger partial charge in [0.25, 0.3) is 0 Å². The summed E-state index contributed by atoms with van der Waals surface area (Å²) in [5.74, 6) is 1.69. The number of aromatic nitrogens is 2. The molecule has 0 amide bonds. The lowest BCUT2D eigenvalue weighted by Gasteiger charge is -2.34. The van der Waals surface area contributed by atoms with E-state index in [-0.39, 0.29) is 5.75 Å². The van der Waals surface area contributed by atoms with Crippen LogP contribution < -0.4 is 9.80 Å². The van der Waals surface area contributed by atoms with Crippen LogP contribution in [0.15, 0.2) is 6.07 Å². The van der Waals surface area contributed by atoms with E-state index < -0.39 is 10.0 Å². The van der Waals surface area contributed by atoms with Crippen molar-refractivity contribution in [3.8, 4) is 0 Å². The largest absolute Gasteiger partial charge is 0.363 e. The molecule has 21 heavy (non-hydrogen) atoms. The van der Waals surface area contributed by atoms with Crippen molar-refractivity contribution in [3.63, 3.8) is 0 Å². The Morgan fingerprint density at radius 3 is 2.33 bits per heavy atom. The number of hydrogen-bond donors (Lipinski definition) is 0. The summed E-state index contributed by atoms with van der Waals surface area (Å²) in [6.07, 6.45) is 0. The molecule has 1 aliphatic rings. The van der Waals surface area contributed by atoms with Crippen molar-refractivity contribution in [2.75, 3.05) is 55.8 Å². The summed E-state index contributed by atoms with van der Waals surface area (Å²) in [6, 6.07) is 1.93. The van der Waals surface area contributed by atoms with Gasteiger partial charge in [-0.05, 0) is 13.8 Å². The Kier molecular flexibility index (Phi) is 4.67. The Morgan fingerprint density at radius 1 is 1.19 bits per heavy atom. The van der Waals surface area contributed by atoms with E-state index in [1.54, 1.807) is 11.2 Å². The summed E-state index contributed by atoms with van der Waals surface area (Å²) < 4.78 is 25.3. The normalized spacial score (nSPS) is 17.0. The molecule has 0 spiro atoms. The lowest BCUT2D eigenvalue weighted by molar-refractivity contribution is 0.383. The molecule has 0 aromatic carbocycles. The number of piperazine rings is 1. The standard InChI is InChI=1S/C13H23N5O2S/c1-5-21(19,20)18-8-6-17(7-9-18)13-14-11(2)10-12(15-13)16(3)4/h10H,5-9H2,1-4H3. The topological polar surface area (TPSA) is 69.6 Å². The third kappa shape index (κ3) is 3.62. The summed E-state index contributed by atoms with van der Waals surface area (Å²) >= 11 is 0. The molecule has 8 heteroatoms. The van der Waals surface area contributed by atoms with Gasteiger partial charge in [0.15, 0.2) is 0 Å². The second-order valence-corrected chi connectivity index (χ2v) is 7.61. The van der Waals surface area contributed by atoms with Crippen LogP contribution in [0.5, 0.6) is 0 Å². The molecule has 2 heterocycles. The van der Waals surface area contributed by atoms with Gasteiger partial charge in [-0.2, -0.15) is 9.29 Å². The first kappa shape index (κ1) is 16.0. The molecule has 2 rings (SSSR count). The monoisotopic (exact) mass is 313 g/mol. The van der Waals surface area contributed by atoms with Crippen LogP contribution in [0, 0.1) is 6.92 Å². The molecule has 7 nitrogen and oxygen atoms in total. The van der Waals surface area contributed by atoms with Crippen LogP contribution in [0.3, 0.4) is 0 Å². The van der Waals surface area contributed by atoms with E-state index >= 15 is 0 Å². The molecule has 0 unspecified atom stereocenters. The van der Waals surface area contributed by atoms with Crippen molar-refractivity contribution in [1.29, 1.82) is 0 Å². The smallest absolute Gasteiger partial charge is 0.227 e. The molecule has 1 aromatic heterocycles. The van der Waals surface area contributed by atoms with Crippen LogP contribution in [0.4, 0.5) is 11.8 Å². The first-order valence-corrected chi connectivity index (χ1v) is 8.70. The SMILES string of the molecule is CCS(=O)(=O)N1CCN(c2nc(C)cc(N(C)C)n2)CC1. The Morgan fingerprint density at radius 2 is 1.81 bits per heavy atom.